The van der Waals surface area contributed by atoms with Crippen LogP contribution in [-0.4, -0.2) is 30.0 Å². The molecule has 3 nitrogen and oxygen atoms in total. The molecule has 0 aliphatic carbocycles. The van der Waals surface area contributed by atoms with Crippen LogP contribution in [0, 0.1) is 12.7 Å². The minimum atomic E-state index is -0.667. The second-order valence-corrected chi connectivity index (χ2v) is 6.44. The molecule has 2 rings (SSSR count). The quantitative estimate of drug-likeness (QED) is 0.870. The highest BCUT2D eigenvalue weighted by Gasteiger charge is 2.52. The molecule has 114 valence electrons. The molecule has 0 bridgehead atoms. The van der Waals surface area contributed by atoms with Crippen LogP contribution in [0.3, 0.4) is 0 Å². The Morgan fingerprint density at radius 3 is 2.33 bits per heavy atom. The summed E-state index contributed by atoms with van der Waals surface area (Å²) in [5.74, 6) is -0.292. The van der Waals surface area contributed by atoms with Crippen molar-refractivity contribution in [3.63, 3.8) is 0 Å². The zero-order chi connectivity index (χ0) is 15.8. The van der Waals surface area contributed by atoms with E-state index in [0.29, 0.717) is 16.6 Å². The van der Waals surface area contributed by atoms with Crippen LogP contribution in [0.25, 0.3) is 6.08 Å². The van der Waals surface area contributed by atoms with E-state index in [1.807, 2.05) is 27.7 Å². The molecular weight excluding hydrogens is 270 g/mol. The molecular formula is C16H22BFO3. The highest BCUT2D eigenvalue weighted by Crippen LogP contribution is 2.38. The van der Waals surface area contributed by atoms with E-state index in [9.17, 15) is 9.50 Å². The Hall–Kier alpha value is -1.17. The van der Waals surface area contributed by atoms with E-state index in [1.165, 1.54) is 0 Å². The number of aliphatic hydroxyl groups excluding tert-OH is 1. The zero-order valence-electron chi connectivity index (χ0n) is 13.2. The average molecular weight is 292 g/mol. The molecule has 1 aromatic carbocycles. The fourth-order valence-electron chi connectivity index (χ4n) is 2.16. The summed E-state index contributed by atoms with van der Waals surface area (Å²) in [6.45, 7) is 9.22. The summed E-state index contributed by atoms with van der Waals surface area (Å²) < 4.78 is 25.9. The second-order valence-electron chi connectivity index (χ2n) is 6.44. The van der Waals surface area contributed by atoms with Gasteiger partial charge in [-0.1, -0.05) is 24.3 Å². The molecule has 1 fully saturated rings. The van der Waals surface area contributed by atoms with Crippen molar-refractivity contribution in [3.05, 3.63) is 40.6 Å². The number of aliphatic hydroxyl groups is 1. The van der Waals surface area contributed by atoms with Crippen LogP contribution in [-0.2, 0) is 9.31 Å². The van der Waals surface area contributed by atoms with Crippen LogP contribution in [0.4, 0.5) is 4.39 Å². The third-order valence-corrected chi connectivity index (χ3v) is 4.30. The van der Waals surface area contributed by atoms with Gasteiger partial charge in [0.25, 0.3) is 0 Å². The van der Waals surface area contributed by atoms with Gasteiger partial charge in [-0.2, -0.15) is 0 Å². The molecule has 1 N–H and O–H groups in total. The van der Waals surface area contributed by atoms with Crippen molar-refractivity contribution in [3.8, 4) is 0 Å². The highest BCUT2D eigenvalue weighted by atomic mass is 19.1. The first kappa shape index (κ1) is 16.2. The van der Waals surface area contributed by atoms with Gasteiger partial charge in [-0.05, 0) is 45.7 Å². The first-order valence-corrected chi connectivity index (χ1v) is 7.10. The Bertz CT molecular complexity index is 551. The fraction of sp³-hybridized carbons (Fsp3) is 0.500. The molecule has 0 saturated carbocycles. The van der Waals surface area contributed by atoms with Crippen LogP contribution in [0.1, 0.15) is 38.8 Å². The Labute approximate surface area is 125 Å². The average Bonchev–Trinajstić information content (AvgIpc) is 2.60. The molecule has 1 aliphatic heterocycles. The molecule has 0 spiro atoms. The number of benzene rings is 1. The summed E-state index contributed by atoms with van der Waals surface area (Å²) in [5, 5.41) is 9.60. The lowest BCUT2D eigenvalue weighted by atomic mass is 9.77. The van der Waals surface area contributed by atoms with Crippen LogP contribution < -0.4 is 0 Å². The van der Waals surface area contributed by atoms with Crippen molar-refractivity contribution in [1.29, 1.82) is 0 Å². The predicted molar refractivity (Wildman–Crippen MR) is 82.3 cm³/mol. The molecule has 1 aliphatic rings. The number of halogens is 1. The molecule has 1 saturated heterocycles. The van der Waals surface area contributed by atoms with Crippen LogP contribution in [0.15, 0.2) is 23.7 Å². The maximum atomic E-state index is 14.1. The van der Waals surface area contributed by atoms with E-state index in [-0.39, 0.29) is 12.4 Å². The topological polar surface area (TPSA) is 38.7 Å². The maximum Gasteiger partial charge on any atom is 0.492 e. The standard InChI is InChI=1S/C16H22BFO3/c1-11-7-6-8-12(14(11)18)9-13(10-19)17-20-15(2,3)16(4,5)21-17/h6-9,19H,10H2,1-5H3. The van der Waals surface area contributed by atoms with E-state index in [0.717, 1.165) is 0 Å². The van der Waals surface area contributed by atoms with Gasteiger partial charge in [0.1, 0.15) is 5.82 Å². The normalized spacial score (nSPS) is 20.9. The van der Waals surface area contributed by atoms with E-state index in [4.69, 9.17) is 9.31 Å². The second kappa shape index (κ2) is 5.56. The summed E-state index contributed by atoms with van der Waals surface area (Å²) in [6.07, 6.45) is 1.60. The van der Waals surface area contributed by atoms with Crippen molar-refractivity contribution in [1.82, 2.24) is 0 Å². The van der Waals surface area contributed by atoms with Gasteiger partial charge in [0.2, 0.25) is 0 Å². The number of hydrogen-bond donors (Lipinski definition) is 1. The van der Waals surface area contributed by atoms with Crippen molar-refractivity contribution in [2.24, 2.45) is 0 Å². The SMILES string of the molecule is Cc1cccc(C=C(CO)B2OC(C)(C)C(C)(C)O2)c1F. The third-order valence-electron chi connectivity index (χ3n) is 4.30. The summed E-state index contributed by atoms with van der Waals surface area (Å²) >= 11 is 0. The maximum absolute atomic E-state index is 14.1. The lowest BCUT2D eigenvalue weighted by Gasteiger charge is -2.32. The van der Waals surface area contributed by atoms with Gasteiger partial charge in [0.05, 0.1) is 17.8 Å². The molecule has 0 aromatic heterocycles. The zero-order valence-corrected chi connectivity index (χ0v) is 13.2. The molecule has 0 radical (unpaired) electrons. The minimum absolute atomic E-state index is 0.246. The van der Waals surface area contributed by atoms with Gasteiger partial charge in [-0.15, -0.1) is 0 Å². The van der Waals surface area contributed by atoms with Crippen LogP contribution >= 0.6 is 0 Å². The number of rotatable bonds is 3. The summed E-state index contributed by atoms with van der Waals surface area (Å²) in [7, 11) is -0.667. The monoisotopic (exact) mass is 292 g/mol. The number of aryl methyl sites for hydroxylation is 1. The van der Waals surface area contributed by atoms with Gasteiger partial charge >= 0.3 is 7.12 Å². The van der Waals surface area contributed by atoms with Gasteiger partial charge in [-0.3, -0.25) is 0 Å². The molecule has 0 atom stereocenters. The first-order valence-electron chi connectivity index (χ1n) is 7.10. The van der Waals surface area contributed by atoms with Crippen LogP contribution in [0.2, 0.25) is 0 Å². The van der Waals surface area contributed by atoms with Crippen molar-refractivity contribution >= 4 is 13.2 Å². The number of hydrogen-bond acceptors (Lipinski definition) is 3. The van der Waals surface area contributed by atoms with Crippen molar-refractivity contribution in [2.75, 3.05) is 6.61 Å². The van der Waals surface area contributed by atoms with Crippen LogP contribution in [0.5, 0.6) is 0 Å². The van der Waals surface area contributed by atoms with Gasteiger partial charge < -0.3 is 14.4 Å². The van der Waals surface area contributed by atoms with E-state index >= 15 is 0 Å². The van der Waals surface area contributed by atoms with E-state index in [1.54, 1.807) is 31.2 Å². The predicted octanol–water partition coefficient (Wildman–Crippen LogP) is 3.14. The fourth-order valence-corrected chi connectivity index (χ4v) is 2.16. The Morgan fingerprint density at radius 1 is 1.24 bits per heavy atom. The molecule has 0 amide bonds. The molecule has 21 heavy (non-hydrogen) atoms. The first-order chi connectivity index (χ1) is 9.68. The Morgan fingerprint density at radius 2 is 1.81 bits per heavy atom. The van der Waals surface area contributed by atoms with E-state index in [2.05, 4.69) is 0 Å². The Kier molecular flexibility index (Phi) is 4.29. The van der Waals surface area contributed by atoms with Crippen molar-refractivity contribution < 1.29 is 18.8 Å². The molecule has 1 heterocycles. The Balaban J connectivity index is 2.33. The molecule has 5 heteroatoms. The molecule has 0 unspecified atom stereocenters. The highest BCUT2D eigenvalue weighted by molar-refractivity contribution is 6.55. The lowest BCUT2D eigenvalue weighted by Crippen LogP contribution is -2.41. The summed E-state index contributed by atoms with van der Waals surface area (Å²) in [5.41, 5.74) is 0.524. The summed E-state index contributed by atoms with van der Waals surface area (Å²) in [4.78, 5) is 0. The summed E-state index contributed by atoms with van der Waals surface area (Å²) in [6, 6.07) is 5.16. The van der Waals surface area contributed by atoms with Gasteiger partial charge in [-0.25, -0.2) is 4.39 Å². The van der Waals surface area contributed by atoms with Crippen molar-refractivity contribution in [2.45, 2.75) is 45.8 Å². The smallest absolute Gasteiger partial charge is 0.400 e. The van der Waals surface area contributed by atoms with E-state index < -0.39 is 18.3 Å². The van der Waals surface area contributed by atoms with Gasteiger partial charge in [0, 0.05) is 5.56 Å². The lowest BCUT2D eigenvalue weighted by molar-refractivity contribution is 0.00578. The third kappa shape index (κ3) is 3.05. The van der Waals surface area contributed by atoms with Gasteiger partial charge in [0.15, 0.2) is 0 Å². The molecule has 1 aromatic rings. The minimum Gasteiger partial charge on any atom is -0.400 e. The largest absolute Gasteiger partial charge is 0.492 e.